The minimum absolute atomic E-state index is 0.638. The predicted octanol–water partition coefficient (Wildman–Crippen LogP) is 4.85. The molecular weight excluding hydrogens is 287 g/mol. The number of fused-ring (bicyclic) bond motifs is 1. The maximum atomic E-state index is 6.18. The van der Waals surface area contributed by atoms with Crippen molar-refractivity contribution in [2.75, 3.05) is 5.73 Å². The Morgan fingerprint density at radius 1 is 1.06 bits per heavy atom. The molecule has 0 bridgehead atoms. The molecular formula is C13H8Cl2N2S. The zero-order chi connectivity index (χ0) is 12.7. The highest BCUT2D eigenvalue weighted by molar-refractivity contribution is 7.22. The molecule has 3 rings (SSSR count). The van der Waals surface area contributed by atoms with Crippen molar-refractivity contribution >= 4 is 50.4 Å². The first-order chi connectivity index (χ1) is 8.65. The summed E-state index contributed by atoms with van der Waals surface area (Å²) in [4.78, 5) is 4.54. The zero-order valence-electron chi connectivity index (χ0n) is 9.15. The second-order valence-corrected chi connectivity index (χ2v) is 5.66. The fourth-order valence-electron chi connectivity index (χ4n) is 1.74. The van der Waals surface area contributed by atoms with Gasteiger partial charge in [-0.2, -0.15) is 0 Å². The van der Waals surface area contributed by atoms with Crippen LogP contribution in [0.15, 0.2) is 36.4 Å². The lowest BCUT2D eigenvalue weighted by Gasteiger charge is -2.01. The first-order valence-electron chi connectivity index (χ1n) is 5.25. The van der Waals surface area contributed by atoms with Crippen LogP contribution in [0.25, 0.3) is 20.8 Å². The largest absolute Gasteiger partial charge is 0.399 e. The number of nitrogen functional groups attached to an aromatic ring is 1. The van der Waals surface area contributed by atoms with Crippen molar-refractivity contribution in [2.45, 2.75) is 0 Å². The summed E-state index contributed by atoms with van der Waals surface area (Å²) in [6.07, 6.45) is 0. The van der Waals surface area contributed by atoms with Gasteiger partial charge in [0.2, 0.25) is 0 Å². The third-order valence-electron chi connectivity index (χ3n) is 2.59. The molecule has 0 radical (unpaired) electrons. The highest BCUT2D eigenvalue weighted by Crippen LogP contribution is 2.37. The summed E-state index contributed by atoms with van der Waals surface area (Å²) >= 11 is 13.8. The van der Waals surface area contributed by atoms with E-state index in [2.05, 4.69) is 4.98 Å². The summed E-state index contributed by atoms with van der Waals surface area (Å²) in [6, 6.07) is 11.0. The standard InChI is InChI=1S/C13H8Cl2N2S/c14-9-5-4-7(16)6-8(9)13-17-11-3-1-2-10(15)12(11)18-13/h1-6H,16H2. The summed E-state index contributed by atoms with van der Waals surface area (Å²) < 4.78 is 0.965. The van der Waals surface area contributed by atoms with Gasteiger partial charge in [0.15, 0.2) is 0 Å². The van der Waals surface area contributed by atoms with Crippen molar-refractivity contribution in [3.8, 4) is 10.6 Å². The van der Waals surface area contributed by atoms with Crippen LogP contribution in [0.5, 0.6) is 0 Å². The van der Waals surface area contributed by atoms with Gasteiger partial charge in [-0.25, -0.2) is 4.98 Å². The Balaban J connectivity index is 2.26. The molecule has 2 N–H and O–H groups in total. The first-order valence-corrected chi connectivity index (χ1v) is 6.83. The van der Waals surface area contributed by atoms with Gasteiger partial charge in [0.1, 0.15) is 5.01 Å². The summed E-state index contributed by atoms with van der Waals surface area (Å²) in [5.41, 5.74) is 8.17. The average Bonchev–Trinajstić information content (AvgIpc) is 2.77. The quantitative estimate of drug-likeness (QED) is 0.652. The SMILES string of the molecule is Nc1ccc(Cl)c(-c2nc3cccc(Cl)c3s2)c1. The smallest absolute Gasteiger partial charge is 0.126 e. The number of halogens is 2. The lowest BCUT2D eigenvalue weighted by atomic mass is 10.2. The van der Waals surface area contributed by atoms with E-state index in [0.717, 1.165) is 20.8 Å². The molecule has 2 aromatic carbocycles. The third-order valence-corrected chi connectivity index (χ3v) is 4.48. The molecule has 0 fully saturated rings. The number of hydrogen-bond acceptors (Lipinski definition) is 3. The minimum Gasteiger partial charge on any atom is -0.399 e. The molecule has 0 amide bonds. The van der Waals surface area contributed by atoms with E-state index in [1.807, 2.05) is 24.3 Å². The van der Waals surface area contributed by atoms with Gasteiger partial charge >= 0.3 is 0 Å². The second kappa shape index (κ2) is 4.43. The number of rotatable bonds is 1. The topological polar surface area (TPSA) is 38.9 Å². The molecule has 0 saturated carbocycles. The summed E-state index contributed by atoms with van der Waals surface area (Å²) in [7, 11) is 0. The molecule has 1 aromatic heterocycles. The van der Waals surface area contributed by atoms with E-state index in [-0.39, 0.29) is 0 Å². The molecule has 18 heavy (non-hydrogen) atoms. The molecule has 5 heteroatoms. The molecule has 0 aliphatic heterocycles. The lowest BCUT2D eigenvalue weighted by Crippen LogP contribution is -1.86. The summed E-state index contributed by atoms with van der Waals surface area (Å²) in [5.74, 6) is 0. The molecule has 0 aliphatic carbocycles. The fraction of sp³-hybridized carbons (Fsp3) is 0. The highest BCUT2D eigenvalue weighted by atomic mass is 35.5. The van der Waals surface area contributed by atoms with Gasteiger partial charge in [0.25, 0.3) is 0 Å². The monoisotopic (exact) mass is 294 g/mol. The highest BCUT2D eigenvalue weighted by Gasteiger charge is 2.11. The number of hydrogen-bond donors (Lipinski definition) is 1. The van der Waals surface area contributed by atoms with E-state index in [4.69, 9.17) is 28.9 Å². The van der Waals surface area contributed by atoms with Gasteiger partial charge < -0.3 is 5.73 Å². The van der Waals surface area contributed by atoms with E-state index in [1.165, 1.54) is 11.3 Å². The average molecular weight is 295 g/mol. The van der Waals surface area contributed by atoms with Crippen molar-refractivity contribution < 1.29 is 0 Å². The Bertz CT molecular complexity index is 737. The van der Waals surface area contributed by atoms with Crippen LogP contribution in [0.2, 0.25) is 10.0 Å². The van der Waals surface area contributed by atoms with Crippen LogP contribution in [-0.4, -0.2) is 4.98 Å². The number of nitrogens with two attached hydrogens (primary N) is 1. The van der Waals surface area contributed by atoms with Gasteiger partial charge in [-0.3, -0.25) is 0 Å². The van der Waals surface area contributed by atoms with Crippen LogP contribution in [-0.2, 0) is 0 Å². The van der Waals surface area contributed by atoms with E-state index >= 15 is 0 Å². The van der Waals surface area contributed by atoms with Crippen LogP contribution in [0, 0.1) is 0 Å². The van der Waals surface area contributed by atoms with Crippen molar-refractivity contribution in [1.82, 2.24) is 4.98 Å². The van der Waals surface area contributed by atoms with E-state index in [9.17, 15) is 0 Å². The predicted molar refractivity (Wildman–Crippen MR) is 79.5 cm³/mol. The number of benzene rings is 2. The van der Waals surface area contributed by atoms with Gasteiger partial charge in [-0.1, -0.05) is 29.3 Å². The minimum atomic E-state index is 0.638. The molecule has 3 aromatic rings. The molecule has 0 unspecified atom stereocenters. The summed E-state index contributed by atoms with van der Waals surface area (Å²) in [5, 5.41) is 2.17. The van der Waals surface area contributed by atoms with Crippen LogP contribution in [0.1, 0.15) is 0 Å². The van der Waals surface area contributed by atoms with E-state index < -0.39 is 0 Å². The van der Waals surface area contributed by atoms with Gasteiger partial charge in [0.05, 0.1) is 20.3 Å². The molecule has 90 valence electrons. The Morgan fingerprint density at radius 3 is 2.67 bits per heavy atom. The van der Waals surface area contributed by atoms with Crippen molar-refractivity contribution in [3.05, 3.63) is 46.4 Å². The number of nitrogens with zero attached hydrogens (tertiary/aromatic N) is 1. The van der Waals surface area contributed by atoms with Crippen molar-refractivity contribution in [3.63, 3.8) is 0 Å². The number of aromatic nitrogens is 1. The van der Waals surface area contributed by atoms with Gasteiger partial charge in [0, 0.05) is 11.3 Å². The molecule has 1 heterocycles. The van der Waals surface area contributed by atoms with Crippen LogP contribution < -0.4 is 5.73 Å². The molecule has 2 nitrogen and oxygen atoms in total. The van der Waals surface area contributed by atoms with E-state index in [1.54, 1.807) is 12.1 Å². The van der Waals surface area contributed by atoms with Crippen LogP contribution >= 0.6 is 34.5 Å². The number of anilines is 1. The Labute approximate surface area is 118 Å². The molecule has 0 aliphatic rings. The normalized spacial score (nSPS) is 11.0. The van der Waals surface area contributed by atoms with Crippen molar-refractivity contribution in [1.29, 1.82) is 0 Å². The van der Waals surface area contributed by atoms with Gasteiger partial charge in [-0.15, -0.1) is 11.3 Å². The molecule has 0 atom stereocenters. The Morgan fingerprint density at radius 2 is 1.89 bits per heavy atom. The molecule has 0 spiro atoms. The Hall–Kier alpha value is -1.29. The maximum absolute atomic E-state index is 6.18. The van der Waals surface area contributed by atoms with Crippen LogP contribution in [0.4, 0.5) is 5.69 Å². The summed E-state index contributed by atoms with van der Waals surface area (Å²) in [6.45, 7) is 0. The second-order valence-electron chi connectivity index (χ2n) is 3.85. The van der Waals surface area contributed by atoms with Crippen molar-refractivity contribution in [2.24, 2.45) is 0 Å². The van der Waals surface area contributed by atoms with Crippen LogP contribution in [0.3, 0.4) is 0 Å². The van der Waals surface area contributed by atoms with E-state index in [0.29, 0.717) is 15.7 Å². The lowest BCUT2D eigenvalue weighted by molar-refractivity contribution is 1.48. The third kappa shape index (κ3) is 1.94. The zero-order valence-corrected chi connectivity index (χ0v) is 11.5. The Kier molecular flexibility index (Phi) is 2.90. The van der Waals surface area contributed by atoms with Gasteiger partial charge in [-0.05, 0) is 30.3 Å². The maximum Gasteiger partial charge on any atom is 0.126 e. The molecule has 0 saturated heterocycles. The fourth-order valence-corrected chi connectivity index (χ4v) is 3.29. The number of thiazole rings is 1. The first kappa shape index (κ1) is 11.8.